The number of rotatable bonds is 4. The zero-order chi connectivity index (χ0) is 14.5. The van der Waals surface area contributed by atoms with E-state index < -0.39 is 0 Å². The Morgan fingerprint density at radius 1 is 1.30 bits per heavy atom. The summed E-state index contributed by atoms with van der Waals surface area (Å²) in [6.45, 7) is 1.93. The van der Waals surface area contributed by atoms with Gasteiger partial charge in [0.25, 0.3) is 5.91 Å². The van der Waals surface area contributed by atoms with Gasteiger partial charge in [-0.2, -0.15) is 0 Å². The Morgan fingerprint density at radius 2 is 2.10 bits per heavy atom. The van der Waals surface area contributed by atoms with Gasteiger partial charge in [-0.3, -0.25) is 4.79 Å². The molecular formula is C15H15BrN2O2. The van der Waals surface area contributed by atoms with Crippen LogP contribution in [0.25, 0.3) is 0 Å². The highest BCUT2D eigenvalue weighted by atomic mass is 79.9. The number of carbonyl (C=O) groups excluding carboxylic acids is 1. The van der Waals surface area contributed by atoms with E-state index in [1.807, 2.05) is 31.2 Å². The second-order valence-corrected chi connectivity index (χ2v) is 5.25. The molecule has 0 fully saturated rings. The summed E-state index contributed by atoms with van der Waals surface area (Å²) in [5, 5.41) is 2.76. The monoisotopic (exact) mass is 334 g/mol. The summed E-state index contributed by atoms with van der Waals surface area (Å²) in [6.07, 6.45) is 0. The van der Waals surface area contributed by atoms with Crippen LogP contribution in [0.1, 0.15) is 5.56 Å². The average Bonchev–Trinajstić information content (AvgIpc) is 2.40. The van der Waals surface area contributed by atoms with E-state index in [4.69, 9.17) is 10.5 Å². The lowest BCUT2D eigenvalue weighted by Crippen LogP contribution is -2.20. The number of amides is 1. The van der Waals surface area contributed by atoms with Gasteiger partial charge >= 0.3 is 0 Å². The molecule has 5 heteroatoms. The van der Waals surface area contributed by atoms with Crippen molar-refractivity contribution in [2.24, 2.45) is 0 Å². The Kier molecular flexibility index (Phi) is 4.63. The van der Waals surface area contributed by atoms with E-state index in [0.717, 1.165) is 10.0 Å². The van der Waals surface area contributed by atoms with Gasteiger partial charge in [-0.05, 0) is 58.7 Å². The predicted octanol–water partition coefficient (Wildman–Crippen LogP) is 3.36. The van der Waals surface area contributed by atoms with E-state index in [-0.39, 0.29) is 12.5 Å². The normalized spacial score (nSPS) is 10.1. The number of carbonyl (C=O) groups is 1. The van der Waals surface area contributed by atoms with Crippen molar-refractivity contribution < 1.29 is 9.53 Å². The SMILES string of the molecule is Cc1cccc(OCC(=O)Nc2ccc(N)cc2Br)c1. The molecule has 2 rings (SSSR count). The molecule has 1 amide bonds. The Morgan fingerprint density at radius 3 is 2.80 bits per heavy atom. The van der Waals surface area contributed by atoms with Crippen molar-refractivity contribution in [3.8, 4) is 5.75 Å². The quantitative estimate of drug-likeness (QED) is 0.842. The smallest absolute Gasteiger partial charge is 0.262 e. The van der Waals surface area contributed by atoms with Crippen LogP contribution >= 0.6 is 15.9 Å². The first kappa shape index (κ1) is 14.4. The van der Waals surface area contributed by atoms with Crippen LogP contribution in [0.3, 0.4) is 0 Å². The second-order valence-electron chi connectivity index (χ2n) is 4.39. The zero-order valence-electron chi connectivity index (χ0n) is 11.0. The van der Waals surface area contributed by atoms with E-state index in [9.17, 15) is 4.79 Å². The van der Waals surface area contributed by atoms with Crippen molar-refractivity contribution in [1.82, 2.24) is 0 Å². The van der Waals surface area contributed by atoms with Gasteiger partial charge in [0.2, 0.25) is 0 Å². The maximum Gasteiger partial charge on any atom is 0.262 e. The fourth-order valence-electron chi connectivity index (χ4n) is 1.67. The highest BCUT2D eigenvalue weighted by molar-refractivity contribution is 9.10. The van der Waals surface area contributed by atoms with Crippen LogP contribution in [-0.2, 0) is 4.79 Å². The van der Waals surface area contributed by atoms with Crippen LogP contribution in [0, 0.1) is 6.92 Å². The number of hydrogen-bond donors (Lipinski definition) is 2. The summed E-state index contributed by atoms with van der Waals surface area (Å²) < 4.78 is 6.17. The first-order chi connectivity index (χ1) is 9.54. The first-order valence-corrected chi connectivity index (χ1v) is 6.88. The minimum atomic E-state index is -0.225. The molecule has 0 aliphatic carbocycles. The number of aryl methyl sites for hydroxylation is 1. The van der Waals surface area contributed by atoms with E-state index in [1.165, 1.54) is 0 Å². The molecule has 0 saturated heterocycles. The fraction of sp³-hybridized carbons (Fsp3) is 0.133. The third-order valence-electron chi connectivity index (χ3n) is 2.63. The summed E-state index contributed by atoms with van der Waals surface area (Å²) in [4.78, 5) is 11.8. The van der Waals surface area contributed by atoms with Crippen LogP contribution in [0.2, 0.25) is 0 Å². The van der Waals surface area contributed by atoms with Crippen LogP contribution in [-0.4, -0.2) is 12.5 Å². The minimum Gasteiger partial charge on any atom is -0.484 e. The number of ether oxygens (including phenoxy) is 1. The topological polar surface area (TPSA) is 64.3 Å². The summed E-state index contributed by atoms with van der Waals surface area (Å²) in [7, 11) is 0. The number of nitrogen functional groups attached to an aromatic ring is 1. The largest absolute Gasteiger partial charge is 0.484 e. The number of benzene rings is 2. The molecule has 2 aromatic carbocycles. The van der Waals surface area contributed by atoms with E-state index in [1.54, 1.807) is 18.2 Å². The number of nitrogens with one attached hydrogen (secondary N) is 1. The van der Waals surface area contributed by atoms with Gasteiger partial charge in [0.05, 0.1) is 5.69 Å². The van der Waals surface area contributed by atoms with Gasteiger partial charge in [-0.1, -0.05) is 12.1 Å². The van der Waals surface area contributed by atoms with E-state index in [2.05, 4.69) is 21.2 Å². The molecular weight excluding hydrogens is 320 g/mol. The van der Waals surface area contributed by atoms with Crippen LogP contribution < -0.4 is 15.8 Å². The van der Waals surface area contributed by atoms with Gasteiger partial charge in [0.1, 0.15) is 5.75 Å². The maximum absolute atomic E-state index is 11.8. The summed E-state index contributed by atoms with van der Waals surface area (Å²) in [5.74, 6) is 0.452. The summed E-state index contributed by atoms with van der Waals surface area (Å²) in [6, 6.07) is 12.8. The first-order valence-electron chi connectivity index (χ1n) is 6.09. The van der Waals surface area contributed by atoms with Crippen molar-refractivity contribution in [3.63, 3.8) is 0 Å². The third kappa shape index (κ3) is 3.99. The molecule has 0 radical (unpaired) electrons. The van der Waals surface area contributed by atoms with Crippen molar-refractivity contribution in [3.05, 3.63) is 52.5 Å². The summed E-state index contributed by atoms with van der Waals surface area (Å²) in [5.41, 5.74) is 8.02. The van der Waals surface area contributed by atoms with Crippen molar-refractivity contribution in [1.29, 1.82) is 0 Å². The molecule has 0 aliphatic rings. The number of hydrogen-bond acceptors (Lipinski definition) is 3. The van der Waals surface area contributed by atoms with Crippen LogP contribution in [0.5, 0.6) is 5.75 Å². The minimum absolute atomic E-state index is 0.0414. The lowest BCUT2D eigenvalue weighted by molar-refractivity contribution is -0.118. The number of halogens is 1. The molecule has 4 nitrogen and oxygen atoms in total. The Balaban J connectivity index is 1.92. The standard InChI is InChI=1S/C15H15BrN2O2/c1-10-3-2-4-12(7-10)20-9-15(19)18-14-6-5-11(17)8-13(14)16/h2-8H,9,17H2,1H3,(H,18,19). The number of anilines is 2. The maximum atomic E-state index is 11.8. The Bertz CT molecular complexity index is 629. The Labute approximate surface area is 126 Å². The van der Waals surface area contributed by atoms with Gasteiger partial charge in [-0.15, -0.1) is 0 Å². The molecule has 20 heavy (non-hydrogen) atoms. The molecule has 0 unspecified atom stereocenters. The van der Waals surface area contributed by atoms with Crippen LogP contribution in [0.4, 0.5) is 11.4 Å². The molecule has 0 spiro atoms. The van der Waals surface area contributed by atoms with Gasteiger partial charge in [0, 0.05) is 10.2 Å². The predicted molar refractivity (Wildman–Crippen MR) is 83.9 cm³/mol. The van der Waals surface area contributed by atoms with Gasteiger partial charge in [-0.25, -0.2) is 0 Å². The number of nitrogens with two attached hydrogens (primary N) is 1. The zero-order valence-corrected chi connectivity index (χ0v) is 12.6. The highest BCUT2D eigenvalue weighted by Crippen LogP contribution is 2.24. The van der Waals surface area contributed by atoms with Crippen molar-refractivity contribution in [2.75, 3.05) is 17.7 Å². The molecule has 0 atom stereocenters. The molecule has 104 valence electrons. The molecule has 0 bridgehead atoms. The second kappa shape index (κ2) is 6.43. The molecule has 0 aromatic heterocycles. The molecule has 2 aromatic rings. The highest BCUT2D eigenvalue weighted by Gasteiger charge is 2.07. The third-order valence-corrected chi connectivity index (χ3v) is 3.28. The lowest BCUT2D eigenvalue weighted by atomic mass is 10.2. The fourth-order valence-corrected chi connectivity index (χ4v) is 2.17. The molecule has 0 saturated carbocycles. The molecule has 0 aliphatic heterocycles. The summed E-state index contributed by atoms with van der Waals surface area (Å²) >= 11 is 3.35. The van der Waals surface area contributed by atoms with Crippen LogP contribution in [0.15, 0.2) is 46.9 Å². The van der Waals surface area contributed by atoms with E-state index in [0.29, 0.717) is 17.1 Å². The van der Waals surface area contributed by atoms with Crippen molar-refractivity contribution >= 4 is 33.2 Å². The lowest BCUT2D eigenvalue weighted by Gasteiger charge is -2.09. The van der Waals surface area contributed by atoms with Gasteiger partial charge < -0.3 is 15.8 Å². The molecule has 0 heterocycles. The van der Waals surface area contributed by atoms with E-state index >= 15 is 0 Å². The van der Waals surface area contributed by atoms with Crippen molar-refractivity contribution in [2.45, 2.75) is 6.92 Å². The Hall–Kier alpha value is -2.01. The average molecular weight is 335 g/mol. The van der Waals surface area contributed by atoms with Gasteiger partial charge in [0.15, 0.2) is 6.61 Å². The molecule has 3 N–H and O–H groups in total.